The van der Waals surface area contributed by atoms with Crippen LogP contribution in [0.2, 0.25) is 10.0 Å². The predicted octanol–water partition coefficient (Wildman–Crippen LogP) is 4.80. The van der Waals surface area contributed by atoms with E-state index >= 15 is 0 Å². The van der Waals surface area contributed by atoms with Gasteiger partial charge in [-0.25, -0.2) is 0 Å². The third-order valence-electron chi connectivity index (χ3n) is 4.41. The number of carbonyl (C=O) groups excluding carboxylic acids is 1. The van der Waals surface area contributed by atoms with Gasteiger partial charge in [-0.05, 0) is 43.7 Å². The molecular weight excluding hydrogens is 405 g/mol. The normalized spacial score (nSPS) is 10.9. The van der Waals surface area contributed by atoms with Gasteiger partial charge in [0.05, 0.1) is 10.4 Å². The smallest absolute Gasteiger partial charge is 0.289 e. The first-order chi connectivity index (χ1) is 13.2. The average Bonchev–Trinajstić information content (AvgIpc) is 2.66. The minimum Gasteiger partial charge on any atom is -0.346 e. The van der Waals surface area contributed by atoms with E-state index in [4.69, 9.17) is 23.2 Å². The maximum Gasteiger partial charge on any atom is 0.289 e. The van der Waals surface area contributed by atoms with E-state index in [0.29, 0.717) is 22.5 Å². The highest BCUT2D eigenvalue weighted by molar-refractivity contribution is 6.33. The van der Waals surface area contributed by atoms with Crippen molar-refractivity contribution in [2.45, 2.75) is 20.4 Å². The summed E-state index contributed by atoms with van der Waals surface area (Å²) < 4.78 is 1.77. The Bertz CT molecular complexity index is 1190. The summed E-state index contributed by atoms with van der Waals surface area (Å²) in [4.78, 5) is 36.0. The summed E-state index contributed by atoms with van der Waals surface area (Å²) in [5.41, 5.74) is 0.719. The van der Waals surface area contributed by atoms with Crippen LogP contribution in [0.25, 0.3) is 10.9 Å². The van der Waals surface area contributed by atoms with Gasteiger partial charge in [0, 0.05) is 34.9 Å². The number of aromatic nitrogens is 1. The summed E-state index contributed by atoms with van der Waals surface area (Å²) in [7, 11) is 0. The Morgan fingerprint density at radius 2 is 1.89 bits per heavy atom. The van der Waals surface area contributed by atoms with Crippen molar-refractivity contribution in [1.82, 2.24) is 4.57 Å². The number of halogens is 2. The van der Waals surface area contributed by atoms with Crippen LogP contribution in [-0.2, 0) is 6.54 Å². The van der Waals surface area contributed by atoms with Crippen molar-refractivity contribution in [3.8, 4) is 0 Å². The van der Waals surface area contributed by atoms with Gasteiger partial charge in [-0.15, -0.1) is 0 Å². The van der Waals surface area contributed by atoms with Gasteiger partial charge < -0.3 is 9.88 Å². The lowest BCUT2D eigenvalue weighted by Gasteiger charge is -2.14. The largest absolute Gasteiger partial charge is 0.346 e. The van der Waals surface area contributed by atoms with E-state index in [0.717, 1.165) is 11.6 Å². The molecule has 0 fully saturated rings. The highest BCUT2D eigenvalue weighted by Crippen LogP contribution is 2.28. The fraction of sp³-hybridized carbons (Fsp3) is 0.158. The lowest BCUT2D eigenvalue weighted by Crippen LogP contribution is -2.24. The molecule has 1 N–H and O–H groups in total. The summed E-state index contributed by atoms with van der Waals surface area (Å²) in [6, 6.07) is 7.08. The molecule has 3 aromatic rings. The number of pyridine rings is 1. The van der Waals surface area contributed by atoms with Gasteiger partial charge in [-0.2, -0.15) is 0 Å². The van der Waals surface area contributed by atoms with Crippen LogP contribution in [0.4, 0.5) is 11.4 Å². The molecule has 144 valence electrons. The highest BCUT2D eigenvalue weighted by atomic mass is 35.5. The lowest BCUT2D eigenvalue weighted by atomic mass is 10.1. The number of anilines is 1. The van der Waals surface area contributed by atoms with Gasteiger partial charge in [-0.1, -0.05) is 23.2 Å². The molecule has 0 bridgehead atoms. The number of nitrogens with one attached hydrogen (secondary N) is 1. The number of hydrogen-bond acceptors (Lipinski definition) is 4. The Morgan fingerprint density at radius 1 is 1.21 bits per heavy atom. The zero-order valence-corrected chi connectivity index (χ0v) is 16.5. The number of fused-ring (bicyclic) bond motifs is 1. The van der Waals surface area contributed by atoms with E-state index in [1.54, 1.807) is 16.7 Å². The van der Waals surface area contributed by atoms with Gasteiger partial charge in [0.15, 0.2) is 0 Å². The second kappa shape index (κ2) is 7.61. The lowest BCUT2D eigenvalue weighted by molar-refractivity contribution is -0.384. The average molecular weight is 420 g/mol. The number of rotatable bonds is 4. The van der Waals surface area contributed by atoms with Crippen LogP contribution in [0.5, 0.6) is 0 Å². The summed E-state index contributed by atoms with van der Waals surface area (Å²) in [6.45, 7) is 4.21. The van der Waals surface area contributed by atoms with Crippen LogP contribution in [0.3, 0.4) is 0 Å². The first-order valence-electron chi connectivity index (χ1n) is 8.32. The van der Waals surface area contributed by atoms with E-state index in [9.17, 15) is 19.7 Å². The minimum absolute atomic E-state index is 0.0469. The number of aryl methyl sites for hydroxylation is 2. The molecule has 1 amide bonds. The third kappa shape index (κ3) is 3.46. The number of nitro benzene ring substituents is 1. The third-order valence-corrected chi connectivity index (χ3v) is 5.14. The number of amides is 1. The van der Waals surface area contributed by atoms with Crippen LogP contribution in [0, 0.1) is 17.0 Å². The maximum atomic E-state index is 12.9. The zero-order chi connectivity index (χ0) is 20.6. The zero-order valence-electron chi connectivity index (χ0n) is 15.0. The van der Waals surface area contributed by atoms with Crippen molar-refractivity contribution in [1.29, 1.82) is 0 Å². The summed E-state index contributed by atoms with van der Waals surface area (Å²) in [5.74, 6) is -0.668. The monoisotopic (exact) mass is 419 g/mol. The van der Waals surface area contributed by atoms with Crippen molar-refractivity contribution in [3.63, 3.8) is 0 Å². The van der Waals surface area contributed by atoms with Crippen molar-refractivity contribution >= 4 is 51.4 Å². The molecule has 0 atom stereocenters. The SMILES string of the molecule is CCn1cc(C(=O)Nc2ccc(Cl)c([N+](=O)[O-])c2)c(=O)c2ccc(Cl)c(C)c21. The van der Waals surface area contributed by atoms with Crippen LogP contribution in [-0.4, -0.2) is 15.4 Å². The molecule has 0 saturated heterocycles. The van der Waals surface area contributed by atoms with E-state index in [1.807, 2.05) is 13.8 Å². The van der Waals surface area contributed by atoms with Crippen molar-refractivity contribution < 1.29 is 9.72 Å². The first-order valence-corrected chi connectivity index (χ1v) is 9.07. The number of nitrogens with zero attached hydrogens (tertiary/aromatic N) is 2. The quantitative estimate of drug-likeness (QED) is 0.485. The molecule has 1 aromatic heterocycles. The van der Waals surface area contributed by atoms with E-state index in [-0.39, 0.29) is 22.0 Å². The summed E-state index contributed by atoms with van der Waals surface area (Å²) in [6.07, 6.45) is 1.47. The molecule has 9 heteroatoms. The number of benzene rings is 2. The molecule has 28 heavy (non-hydrogen) atoms. The Hall–Kier alpha value is -2.90. The second-order valence-corrected chi connectivity index (χ2v) is 6.92. The molecule has 2 aromatic carbocycles. The molecule has 0 aliphatic carbocycles. The predicted molar refractivity (Wildman–Crippen MR) is 110 cm³/mol. The Balaban J connectivity index is 2.09. The number of hydrogen-bond donors (Lipinski definition) is 1. The first kappa shape index (κ1) is 19.9. The fourth-order valence-electron chi connectivity index (χ4n) is 2.99. The van der Waals surface area contributed by atoms with E-state index in [2.05, 4.69) is 5.32 Å². The van der Waals surface area contributed by atoms with Gasteiger partial charge in [0.2, 0.25) is 5.43 Å². The molecule has 0 radical (unpaired) electrons. The summed E-state index contributed by atoms with van der Waals surface area (Å²) >= 11 is 12.0. The van der Waals surface area contributed by atoms with Gasteiger partial charge in [0.1, 0.15) is 10.6 Å². The molecule has 1 heterocycles. The maximum absolute atomic E-state index is 12.9. The molecule has 0 saturated carbocycles. The van der Waals surface area contributed by atoms with Gasteiger partial charge in [-0.3, -0.25) is 19.7 Å². The topological polar surface area (TPSA) is 94.2 Å². The van der Waals surface area contributed by atoms with Gasteiger partial charge >= 0.3 is 0 Å². The Kier molecular flexibility index (Phi) is 5.40. The summed E-state index contributed by atoms with van der Waals surface area (Å²) in [5, 5.41) is 14.4. The Labute approximate surface area is 169 Å². The molecule has 0 aliphatic rings. The highest BCUT2D eigenvalue weighted by Gasteiger charge is 2.19. The molecule has 0 spiro atoms. The number of nitro groups is 1. The number of carbonyl (C=O) groups is 1. The fourth-order valence-corrected chi connectivity index (χ4v) is 3.33. The van der Waals surface area contributed by atoms with E-state index in [1.165, 1.54) is 18.3 Å². The Morgan fingerprint density at radius 3 is 2.54 bits per heavy atom. The second-order valence-electron chi connectivity index (χ2n) is 6.10. The van der Waals surface area contributed by atoms with Gasteiger partial charge in [0.25, 0.3) is 11.6 Å². The van der Waals surface area contributed by atoms with Crippen LogP contribution in [0.15, 0.2) is 41.3 Å². The van der Waals surface area contributed by atoms with E-state index < -0.39 is 16.3 Å². The molecule has 0 unspecified atom stereocenters. The molecule has 3 rings (SSSR count). The van der Waals surface area contributed by atoms with Crippen LogP contribution in [0.1, 0.15) is 22.8 Å². The van der Waals surface area contributed by atoms with Crippen molar-refractivity contribution in [2.24, 2.45) is 0 Å². The van der Waals surface area contributed by atoms with Crippen LogP contribution >= 0.6 is 23.2 Å². The van der Waals surface area contributed by atoms with Crippen molar-refractivity contribution in [2.75, 3.05) is 5.32 Å². The van der Waals surface area contributed by atoms with Crippen LogP contribution < -0.4 is 10.7 Å². The van der Waals surface area contributed by atoms with Crippen molar-refractivity contribution in [3.05, 3.63) is 78.0 Å². The minimum atomic E-state index is -0.668. The standard InChI is InChI=1S/C19H15Cl2N3O4/c1-3-23-9-13(18(25)12-5-7-14(20)10(2)17(12)23)19(26)22-11-4-6-15(21)16(8-11)24(27)28/h4-9H,3H2,1-2H3,(H,22,26). The molecule has 7 nitrogen and oxygen atoms in total. The molecular formula is C19H15Cl2N3O4. The molecule has 0 aliphatic heterocycles.